The van der Waals surface area contributed by atoms with E-state index in [1.165, 1.54) is 0 Å². The Balaban J connectivity index is 1.79. The summed E-state index contributed by atoms with van der Waals surface area (Å²) in [5.74, 6) is 0.112. The Bertz CT molecular complexity index is 1380. The molecule has 0 amide bonds. The molecule has 0 saturated heterocycles. The highest BCUT2D eigenvalue weighted by Crippen LogP contribution is 2.27. The molecule has 0 spiro atoms. The zero-order chi connectivity index (χ0) is 24.2. The number of aliphatic hydroxyl groups is 1. The Hall–Kier alpha value is -3.41. The number of thiocarbonyl (C=S) groups is 1. The summed E-state index contributed by atoms with van der Waals surface area (Å²) in [5, 5.41) is 15.6. The van der Waals surface area contributed by atoms with Gasteiger partial charge in [0.2, 0.25) is 5.76 Å². The van der Waals surface area contributed by atoms with E-state index in [9.17, 15) is 5.11 Å². The zero-order valence-corrected chi connectivity index (χ0v) is 21.0. The first-order valence-electron chi connectivity index (χ1n) is 11.0. The van der Waals surface area contributed by atoms with Gasteiger partial charge in [0, 0.05) is 46.3 Å². The molecular weight excluding hydrogens is 462 g/mol. The van der Waals surface area contributed by atoms with Crippen molar-refractivity contribution in [2.45, 2.75) is 27.3 Å². The van der Waals surface area contributed by atoms with Crippen LogP contribution in [0.25, 0.3) is 11.5 Å². The van der Waals surface area contributed by atoms with Crippen LogP contribution in [0.1, 0.15) is 28.1 Å². The maximum absolute atomic E-state index is 11.6. The number of aryl methyl sites for hydroxylation is 2. The largest absolute Gasteiger partial charge is 0.502 e. The first kappa shape index (κ1) is 23.7. The molecule has 0 bridgehead atoms. The van der Waals surface area contributed by atoms with Crippen LogP contribution in [0.3, 0.4) is 0 Å². The highest BCUT2D eigenvalue weighted by Gasteiger charge is 2.26. The van der Waals surface area contributed by atoms with Crippen LogP contribution < -0.4 is 9.88 Å². The second-order valence-electron chi connectivity index (χ2n) is 8.21. The molecule has 4 nitrogen and oxygen atoms in total. The van der Waals surface area contributed by atoms with Gasteiger partial charge in [0.25, 0.3) is 5.70 Å². The molecule has 2 heterocycles. The molecule has 0 atom stereocenters. The van der Waals surface area contributed by atoms with Crippen molar-refractivity contribution in [3.63, 3.8) is 0 Å². The summed E-state index contributed by atoms with van der Waals surface area (Å²) in [5.41, 5.74) is 6.19. The third-order valence-corrected chi connectivity index (χ3v) is 6.59. The third kappa shape index (κ3) is 4.91. The van der Waals surface area contributed by atoms with Gasteiger partial charge in [-0.15, -0.1) is 0 Å². The summed E-state index contributed by atoms with van der Waals surface area (Å²) in [6.45, 7) is 6.66. The average molecular weight is 489 g/mol. The molecule has 2 aromatic heterocycles. The first-order chi connectivity index (χ1) is 16.4. The Morgan fingerprint density at radius 1 is 0.971 bits per heavy atom. The van der Waals surface area contributed by atoms with Crippen LogP contribution in [0.5, 0.6) is 0 Å². The number of benzene rings is 2. The fourth-order valence-corrected chi connectivity index (χ4v) is 4.51. The Kier molecular flexibility index (Phi) is 7.15. The molecule has 4 rings (SSSR count). The molecule has 34 heavy (non-hydrogen) atoms. The van der Waals surface area contributed by atoms with Gasteiger partial charge in [-0.1, -0.05) is 66.3 Å². The lowest BCUT2D eigenvalue weighted by atomic mass is 10.1. The van der Waals surface area contributed by atoms with E-state index in [1.807, 2.05) is 111 Å². The molecule has 0 unspecified atom stereocenters. The Labute approximate surface area is 210 Å². The predicted molar refractivity (Wildman–Crippen MR) is 144 cm³/mol. The van der Waals surface area contributed by atoms with E-state index in [0.717, 1.165) is 38.8 Å². The molecule has 2 aromatic carbocycles. The lowest BCUT2D eigenvalue weighted by Crippen LogP contribution is -2.38. The van der Waals surface area contributed by atoms with Crippen molar-refractivity contribution in [3.05, 3.63) is 118 Å². The third-order valence-electron chi connectivity index (χ3n) is 5.92. The number of rotatable bonds is 6. The standard InChI is InChI=1S/C28H26ClN3OS/c1-19-11-5-8-14-25(19)30-28(34)26(31-15-9-4-10-16-31)27(33)23-17-20(2)32(21(23)3)18-22-12-6-7-13-24(22)29/h4-17H,18H2,1-3H3,(H-,30,33,34)/p+1. The highest BCUT2D eigenvalue weighted by molar-refractivity contribution is 7.81. The van der Waals surface area contributed by atoms with E-state index in [2.05, 4.69) is 9.88 Å². The number of aliphatic hydroxyl groups excluding tert-OH is 1. The predicted octanol–water partition coefficient (Wildman–Crippen LogP) is 6.73. The van der Waals surface area contributed by atoms with Crippen LogP contribution in [-0.4, -0.2) is 14.7 Å². The monoisotopic (exact) mass is 488 g/mol. The smallest absolute Gasteiger partial charge is 0.288 e. The number of anilines is 1. The maximum atomic E-state index is 11.6. The Morgan fingerprint density at radius 2 is 1.65 bits per heavy atom. The molecule has 0 aliphatic rings. The van der Waals surface area contributed by atoms with Gasteiger partial charge in [-0.25, -0.2) is 0 Å². The van der Waals surface area contributed by atoms with Crippen LogP contribution >= 0.6 is 23.8 Å². The van der Waals surface area contributed by atoms with E-state index in [1.54, 1.807) is 0 Å². The van der Waals surface area contributed by atoms with Gasteiger partial charge in [-0.2, -0.15) is 4.57 Å². The fourth-order valence-electron chi connectivity index (χ4n) is 4.00. The lowest BCUT2D eigenvalue weighted by molar-refractivity contribution is -0.575. The lowest BCUT2D eigenvalue weighted by Gasteiger charge is -2.13. The number of hydrogen-bond acceptors (Lipinski definition) is 2. The van der Waals surface area contributed by atoms with E-state index in [0.29, 0.717) is 17.2 Å². The second-order valence-corrected chi connectivity index (χ2v) is 9.03. The molecule has 0 radical (unpaired) electrons. The van der Waals surface area contributed by atoms with Gasteiger partial charge >= 0.3 is 0 Å². The molecule has 172 valence electrons. The van der Waals surface area contributed by atoms with E-state index >= 15 is 0 Å². The number of nitrogens with one attached hydrogen (secondary N) is 1. The summed E-state index contributed by atoms with van der Waals surface area (Å²) in [6, 6.07) is 23.5. The van der Waals surface area contributed by atoms with Gasteiger partial charge in [0.1, 0.15) is 0 Å². The first-order valence-corrected chi connectivity index (χ1v) is 11.8. The van der Waals surface area contributed by atoms with Crippen molar-refractivity contribution in [1.82, 2.24) is 4.57 Å². The summed E-state index contributed by atoms with van der Waals surface area (Å²) < 4.78 is 3.99. The van der Waals surface area contributed by atoms with Gasteiger partial charge in [-0.3, -0.25) is 0 Å². The minimum absolute atomic E-state index is 0.112. The molecule has 4 aromatic rings. The number of hydrogen-bond donors (Lipinski definition) is 2. The number of nitrogens with zero attached hydrogens (tertiary/aromatic N) is 2. The molecular formula is C28H27ClN3OS+. The van der Waals surface area contributed by atoms with Crippen molar-refractivity contribution >= 4 is 46.0 Å². The van der Waals surface area contributed by atoms with Crippen LogP contribution in [-0.2, 0) is 6.54 Å². The second kappa shape index (κ2) is 10.2. The molecule has 2 N–H and O–H groups in total. The molecule has 6 heteroatoms. The quantitative estimate of drug-likeness (QED) is 0.137. The highest BCUT2D eigenvalue weighted by atomic mass is 35.5. The normalized spacial score (nSPS) is 11.8. The summed E-state index contributed by atoms with van der Waals surface area (Å²) in [4.78, 5) is 0.430. The summed E-state index contributed by atoms with van der Waals surface area (Å²) in [7, 11) is 0. The minimum atomic E-state index is 0.112. The van der Waals surface area contributed by atoms with Crippen molar-refractivity contribution in [1.29, 1.82) is 0 Å². The molecule has 0 aliphatic heterocycles. The number of para-hydroxylation sites is 1. The summed E-state index contributed by atoms with van der Waals surface area (Å²) >= 11 is 12.2. The van der Waals surface area contributed by atoms with E-state index in [4.69, 9.17) is 23.8 Å². The molecule has 0 aliphatic carbocycles. The minimum Gasteiger partial charge on any atom is -0.502 e. The van der Waals surface area contributed by atoms with Gasteiger partial charge < -0.3 is 15.0 Å². The van der Waals surface area contributed by atoms with Crippen LogP contribution in [0.15, 0.2) is 85.2 Å². The SMILES string of the molecule is Cc1ccccc1NC(=S)/C(=C(/O)c1cc(C)n(Cc2ccccc2Cl)c1C)[n+]1ccccc1. The molecule has 0 fully saturated rings. The van der Waals surface area contributed by atoms with Crippen molar-refractivity contribution in [2.24, 2.45) is 0 Å². The Morgan fingerprint density at radius 3 is 2.35 bits per heavy atom. The zero-order valence-electron chi connectivity index (χ0n) is 19.4. The fraction of sp³-hybridized carbons (Fsp3) is 0.143. The van der Waals surface area contributed by atoms with Gasteiger partial charge in [0.15, 0.2) is 17.4 Å². The number of pyridine rings is 1. The molecule has 0 saturated carbocycles. The van der Waals surface area contributed by atoms with Crippen molar-refractivity contribution in [2.75, 3.05) is 5.32 Å². The van der Waals surface area contributed by atoms with Crippen LogP contribution in [0.4, 0.5) is 5.69 Å². The van der Waals surface area contributed by atoms with E-state index < -0.39 is 0 Å². The summed E-state index contributed by atoms with van der Waals surface area (Å²) in [6.07, 6.45) is 3.75. The number of halogens is 1. The maximum Gasteiger partial charge on any atom is 0.288 e. The van der Waals surface area contributed by atoms with E-state index in [-0.39, 0.29) is 5.76 Å². The van der Waals surface area contributed by atoms with Crippen LogP contribution in [0, 0.1) is 20.8 Å². The number of aromatic nitrogens is 2. The van der Waals surface area contributed by atoms with Crippen LogP contribution in [0.2, 0.25) is 5.02 Å². The van der Waals surface area contributed by atoms with Crippen molar-refractivity contribution in [3.8, 4) is 0 Å². The topological polar surface area (TPSA) is 41.1 Å². The van der Waals surface area contributed by atoms with Crippen molar-refractivity contribution < 1.29 is 9.67 Å². The van der Waals surface area contributed by atoms with Gasteiger partial charge in [0.05, 0.1) is 0 Å². The average Bonchev–Trinajstić information content (AvgIpc) is 3.11. The van der Waals surface area contributed by atoms with Gasteiger partial charge in [-0.05, 0) is 50.1 Å².